The van der Waals surface area contributed by atoms with Crippen molar-refractivity contribution in [2.45, 2.75) is 116 Å². The van der Waals surface area contributed by atoms with Crippen LogP contribution in [0.3, 0.4) is 0 Å². The number of ether oxygens (including phenoxy) is 2. The van der Waals surface area contributed by atoms with Gasteiger partial charge in [-0.05, 0) is 62.0 Å². The molecule has 3 aromatic rings. The van der Waals surface area contributed by atoms with E-state index in [4.69, 9.17) is 9.47 Å². The quantitative estimate of drug-likeness (QED) is 0.0634. The first-order valence-corrected chi connectivity index (χ1v) is 22.5. The molecule has 18 heteroatoms. The minimum Gasteiger partial charge on any atom is -0.450 e. The number of Topliss-reactive ketones (excluding diaryl/α,β-unsaturated/α-hetero) is 1. The molecule has 1 aliphatic rings. The molecule has 4 rings (SSSR count). The van der Waals surface area contributed by atoms with Gasteiger partial charge in [-0.25, -0.2) is 0 Å². The molecule has 0 radical (unpaired) electrons. The van der Waals surface area contributed by atoms with Crippen LogP contribution >= 0.6 is 0 Å². The second-order valence-electron chi connectivity index (χ2n) is 17.5. The Labute approximate surface area is 381 Å². The van der Waals surface area contributed by atoms with E-state index in [0.717, 1.165) is 11.1 Å². The zero-order chi connectivity index (χ0) is 47.4. The highest BCUT2D eigenvalue weighted by atomic mass is 16.6. The third kappa shape index (κ3) is 17.8. The molecule has 0 bridgehead atoms. The zero-order valence-electron chi connectivity index (χ0n) is 38.5. The van der Waals surface area contributed by atoms with Crippen LogP contribution in [0.2, 0.25) is 0 Å². The molecule has 1 aliphatic heterocycles. The molecule has 1 unspecified atom stereocenters. The standard InChI is InChI=1S/C47H67N9O9/c1-7-47(6,65-42(59)29-48-40(57)27-35-28-49-55-54-35)43(60)37(24-31(2)3)51-46(63)39(26-34-16-12-9-13-17-34)53-45(62)38(25-32(4)5)52-44(61)36(19-18-33-14-10-8-11-15-33)50-41(58)30-56-20-22-64-23-21-56/h8-17,28,31-32,36-39H,7,18-27,29-30H2,1-6H3,(H,48,57)(H,50,58)(H,51,63)(H,52,61)(H,53,62)(H,49,54,55)/t36-,37-,38-,39-,47?/m0/s1. The van der Waals surface area contributed by atoms with Crippen LogP contribution in [0.25, 0.3) is 0 Å². The highest BCUT2D eigenvalue weighted by Crippen LogP contribution is 2.22. The summed E-state index contributed by atoms with van der Waals surface area (Å²) < 4.78 is 11.1. The Morgan fingerprint density at radius 2 is 1.32 bits per heavy atom. The number of esters is 1. The molecular formula is C47H67N9O9. The van der Waals surface area contributed by atoms with Gasteiger partial charge >= 0.3 is 5.97 Å². The predicted octanol–water partition coefficient (Wildman–Crippen LogP) is 1.98. The summed E-state index contributed by atoms with van der Waals surface area (Å²) in [5.74, 6) is -4.19. The Hall–Kier alpha value is -6.01. The van der Waals surface area contributed by atoms with Gasteiger partial charge in [0.2, 0.25) is 29.5 Å². The van der Waals surface area contributed by atoms with Crippen LogP contribution < -0.4 is 26.6 Å². The summed E-state index contributed by atoms with van der Waals surface area (Å²) in [6.45, 7) is 12.5. The van der Waals surface area contributed by atoms with Crippen LogP contribution in [-0.4, -0.2) is 131 Å². The molecule has 1 aromatic heterocycles. The predicted molar refractivity (Wildman–Crippen MR) is 242 cm³/mol. The number of hydrogen-bond donors (Lipinski definition) is 6. The average molecular weight is 902 g/mol. The van der Waals surface area contributed by atoms with E-state index >= 15 is 0 Å². The number of nitrogens with zero attached hydrogens (tertiary/aromatic N) is 3. The third-order valence-electron chi connectivity index (χ3n) is 11.1. The van der Waals surface area contributed by atoms with Crippen molar-refractivity contribution in [1.29, 1.82) is 0 Å². The largest absolute Gasteiger partial charge is 0.450 e. The van der Waals surface area contributed by atoms with Gasteiger partial charge < -0.3 is 36.1 Å². The molecular weight excluding hydrogens is 835 g/mol. The minimum absolute atomic E-state index is 0.0503. The molecule has 5 amide bonds. The Balaban J connectivity index is 1.52. The third-order valence-corrected chi connectivity index (χ3v) is 11.1. The number of hydrogen-bond acceptors (Lipinski definition) is 12. The number of aryl methyl sites for hydroxylation is 1. The number of amides is 5. The number of carbonyl (C=O) groups excluding carboxylic acids is 7. The molecule has 2 aromatic carbocycles. The monoisotopic (exact) mass is 902 g/mol. The van der Waals surface area contributed by atoms with E-state index in [9.17, 15) is 33.6 Å². The maximum atomic E-state index is 14.4. The number of benzene rings is 2. The van der Waals surface area contributed by atoms with Crippen LogP contribution in [0.5, 0.6) is 0 Å². The zero-order valence-corrected chi connectivity index (χ0v) is 38.5. The van der Waals surface area contributed by atoms with Gasteiger partial charge in [0.05, 0.1) is 37.9 Å². The van der Waals surface area contributed by atoms with Gasteiger partial charge in [-0.15, -0.1) is 5.10 Å². The first-order valence-electron chi connectivity index (χ1n) is 22.5. The fourth-order valence-electron chi connectivity index (χ4n) is 7.37. The van der Waals surface area contributed by atoms with E-state index < -0.39 is 71.7 Å². The highest BCUT2D eigenvalue weighted by Gasteiger charge is 2.42. The molecule has 2 heterocycles. The number of H-pyrrole nitrogens is 1. The van der Waals surface area contributed by atoms with Crippen LogP contribution in [0.15, 0.2) is 66.9 Å². The summed E-state index contributed by atoms with van der Waals surface area (Å²) in [5.41, 5.74) is 0.406. The molecule has 65 heavy (non-hydrogen) atoms. The van der Waals surface area contributed by atoms with Gasteiger partial charge in [-0.3, -0.25) is 43.6 Å². The summed E-state index contributed by atoms with van der Waals surface area (Å²) in [5, 5.41) is 23.8. The molecule has 354 valence electrons. The lowest BCUT2D eigenvalue weighted by atomic mass is 9.87. The summed E-state index contributed by atoms with van der Waals surface area (Å²) in [6.07, 6.45) is 2.62. The van der Waals surface area contributed by atoms with E-state index in [1.165, 1.54) is 13.1 Å². The van der Waals surface area contributed by atoms with Crippen molar-refractivity contribution in [1.82, 2.24) is 46.9 Å². The van der Waals surface area contributed by atoms with Crippen LogP contribution in [0, 0.1) is 11.8 Å². The fourth-order valence-corrected chi connectivity index (χ4v) is 7.37. The van der Waals surface area contributed by atoms with E-state index in [1.807, 2.05) is 81.1 Å². The number of aromatic amines is 1. The maximum Gasteiger partial charge on any atom is 0.326 e. The van der Waals surface area contributed by atoms with Crippen molar-refractivity contribution >= 4 is 41.3 Å². The van der Waals surface area contributed by atoms with Crippen LogP contribution in [-0.2, 0) is 62.3 Å². The molecule has 18 nitrogen and oxygen atoms in total. The lowest BCUT2D eigenvalue weighted by Gasteiger charge is -2.33. The van der Waals surface area contributed by atoms with Crippen LogP contribution in [0.4, 0.5) is 0 Å². The second-order valence-corrected chi connectivity index (χ2v) is 17.5. The van der Waals surface area contributed by atoms with Gasteiger partial charge in [0, 0.05) is 25.7 Å². The average Bonchev–Trinajstić information content (AvgIpc) is 3.79. The van der Waals surface area contributed by atoms with Crippen molar-refractivity contribution < 1.29 is 43.0 Å². The number of ketones is 1. The van der Waals surface area contributed by atoms with Crippen molar-refractivity contribution in [3.8, 4) is 0 Å². The SMILES string of the molecule is CCC(C)(OC(=O)CNC(=O)Cc1c[nH]nn1)C(=O)[C@H](CC(C)C)NC(=O)[C@H](Cc1ccccc1)NC(=O)[C@H](CC(C)C)NC(=O)[C@H](CCc1ccccc1)NC(=O)CN1CCOCC1. The van der Waals surface area contributed by atoms with Crippen molar-refractivity contribution in [3.63, 3.8) is 0 Å². The molecule has 5 atom stereocenters. The lowest BCUT2D eigenvalue weighted by Crippen LogP contribution is -2.60. The summed E-state index contributed by atoms with van der Waals surface area (Å²) in [7, 11) is 0. The Kier molecular flexibility index (Phi) is 20.7. The van der Waals surface area contributed by atoms with Gasteiger partial charge in [0.15, 0.2) is 11.4 Å². The van der Waals surface area contributed by atoms with Gasteiger partial charge in [0.25, 0.3) is 0 Å². The highest BCUT2D eigenvalue weighted by molar-refractivity contribution is 5.99. The number of nitrogens with one attached hydrogen (secondary N) is 6. The van der Waals surface area contributed by atoms with Crippen molar-refractivity contribution in [3.05, 3.63) is 83.7 Å². The maximum absolute atomic E-state index is 14.4. The van der Waals surface area contributed by atoms with Gasteiger partial charge in [-0.1, -0.05) is 100 Å². The summed E-state index contributed by atoms with van der Waals surface area (Å²) >= 11 is 0. The van der Waals surface area contributed by atoms with Crippen LogP contribution in [0.1, 0.15) is 84.0 Å². The van der Waals surface area contributed by atoms with Gasteiger partial charge in [0.1, 0.15) is 24.7 Å². The topological polar surface area (TPSA) is 243 Å². The Bertz CT molecular complexity index is 1990. The molecule has 1 saturated heterocycles. The van der Waals surface area contributed by atoms with Gasteiger partial charge in [-0.2, -0.15) is 0 Å². The lowest BCUT2D eigenvalue weighted by molar-refractivity contribution is -0.167. The first-order chi connectivity index (χ1) is 31.0. The summed E-state index contributed by atoms with van der Waals surface area (Å²) in [4.78, 5) is 97.9. The van der Waals surface area contributed by atoms with E-state index in [0.29, 0.717) is 38.4 Å². The van der Waals surface area contributed by atoms with E-state index in [2.05, 4.69) is 42.0 Å². The molecule has 0 aliphatic carbocycles. The smallest absolute Gasteiger partial charge is 0.326 e. The fraction of sp³-hybridized carbons (Fsp3) is 0.553. The summed E-state index contributed by atoms with van der Waals surface area (Å²) in [6, 6.07) is 14.3. The molecule has 0 spiro atoms. The first kappa shape index (κ1) is 51.6. The number of rotatable bonds is 26. The molecule has 1 fully saturated rings. The number of morpholine rings is 1. The van der Waals surface area contributed by atoms with E-state index in [1.54, 1.807) is 19.1 Å². The Morgan fingerprint density at radius 3 is 1.92 bits per heavy atom. The normalized spacial score (nSPS) is 15.7. The Morgan fingerprint density at radius 1 is 0.754 bits per heavy atom. The van der Waals surface area contributed by atoms with E-state index in [-0.39, 0.29) is 62.8 Å². The number of carbonyl (C=O) groups is 7. The number of aromatic nitrogens is 3. The second kappa shape index (κ2) is 26.1. The molecule has 6 N–H and O–H groups in total. The van der Waals surface area contributed by atoms with Crippen molar-refractivity contribution in [2.24, 2.45) is 11.8 Å². The van der Waals surface area contributed by atoms with Crippen molar-refractivity contribution in [2.75, 3.05) is 39.4 Å². The minimum atomic E-state index is -1.68. The molecule has 0 saturated carbocycles.